The highest BCUT2D eigenvalue weighted by atomic mass is 19.4. The SMILES string of the molecule is Cc1c(NC(=O)c2cc(C(N)=O)nc3ccccc23)c(C(F)(F)F)nn1Cc1ncco1. The van der Waals surface area contributed by atoms with Crippen molar-refractivity contribution in [3.8, 4) is 0 Å². The molecule has 0 saturated heterocycles. The zero-order valence-corrected chi connectivity index (χ0v) is 16.5. The summed E-state index contributed by atoms with van der Waals surface area (Å²) in [6, 6.07) is 7.52. The first kappa shape index (κ1) is 21.0. The second-order valence-corrected chi connectivity index (χ2v) is 6.78. The lowest BCUT2D eigenvalue weighted by Crippen LogP contribution is -2.19. The van der Waals surface area contributed by atoms with Gasteiger partial charge in [0.15, 0.2) is 5.69 Å². The van der Waals surface area contributed by atoms with Gasteiger partial charge in [-0.15, -0.1) is 0 Å². The van der Waals surface area contributed by atoms with Gasteiger partial charge in [-0.1, -0.05) is 18.2 Å². The van der Waals surface area contributed by atoms with E-state index in [-0.39, 0.29) is 29.4 Å². The van der Waals surface area contributed by atoms with E-state index in [9.17, 15) is 22.8 Å². The van der Waals surface area contributed by atoms with Crippen LogP contribution in [-0.4, -0.2) is 31.6 Å². The van der Waals surface area contributed by atoms with Crippen molar-refractivity contribution >= 4 is 28.4 Å². The summed E-state index contributed by atoms with van der Waals surface area (Å²) in [6.07, 6.45) is -2.20. The summed E-state index contributed by atoms with van der Waals surface area (Å²) in [5.74, 6) is -1.61. The smallest absolute Gasteiger partial charge is 0.437 e. The fourth-order valence-electron chi connectivity index (χ4n) is 3.18. The molecule has 3 heterocycles. The van der Waals surface area contributed by atoms with E-state index in [1.807, 2.05) is 0 Å². The van der Waals surface area contributed by atoms with Crippen molar-refractivity contribution in [2.24, 2.45) is 5.73 Å². The molecule has 0 bridgehead atoms. The summed E-state index contributed by atoms with van der Waals surface area (Å²) in [5, 5.41) is 6.23. The molecule has 9 nitrogen and oxygen atoms in total. The van der Waals surface area contributed by atoms with Crippen LogP contribution in [0.4, 0.5) is 18.9 Å². The van der Waals surface area contributed by atoms with E-state index < -0.39 is 29.4 Å². The van der Waals surface area contributed by atoms with Gasteiger partial charge in [0.2, 0.25) is 5.89 Å². The summed E-state index contributed by atoms with van der Waals surface area (Å²) in [4.78, 5) is 32.6. The molecule has 3 aromatic heterocycles. The number of hydrogen-bond donors (Lipinski definition) is 2. The van der Waals surface area contributed by atoms with E-state index in [1.165, 1.54) is 19.4 Å². The summed E-state index contributed by atoms with van der Waals surface area (Å²) in [6.45, 7) is 1.21. The predicted octanol–water partition coefficient (Wildman–Crippen LogP) is 3.15. The second kappa shape index (κ2) is 7.80. The van der Waals surface area contributed by atoms with Gasteiger partial charge < -0.3 is 15.5 Å². The Kier molecular flexibility index (Phi) is 5.12. The lowest BCUT2D eigenvalue weighted by atomic mass is 10.1. The number of pyridine rings is 1. The van der Waals surface area contributed by atoms with Crippen LogP contribution in [0.5, 0.6) is 0 Å². The minimum Gasteiger partial charge on any atom is -0.447 e. The number of rotatable bonds is 5. The number of nitrogens with zero attached hydrogens (tertiary/aromatic N) is 4. The topological polar surface area (TPSA) is 129 Å². The molecule has 0 saturated carbocycles. The van der Waals surface area contributed by atoms with Crippen molar-refractivity contribution in [2.45, 2.75) is 19.6 Å². The Labute approximate surface area is 178 Å². The van der Waals surface area contributed by atoms with Gasteiger partial charge in [-0.05, 0) is 19.1 Å². The molecular weight excluding hydrogens is 429 g/mol. The standard InChI is InChI=1S/C20H15F3N6O3/c1-10-16(17(20(21,22)23)28-29(10)9-15-25-6-7-32-15)27-19(31)12-8-14(18(24)30)26-13-5-3-2-4-11(12)13/h2-8H,9H2,1H3,(H2,24,30)(H,27,31). The number of amides is 2. The number of oxazole rings is 1. The molecule has 0 atom stereocenters. The first-order valence-electron chi connectivity index (χ1n) is 9.19. The van der Waals surface area contributed by atoms with E-state index >= 15 is 0 Å². The summed E-state index contributed by atoms with van der Waals surface area (Å²) >= 11 is 0. The minimum atomic E-state index is -4.84. The summed E-state index contributed by atoms with van der Waals surface area (Å²) in [5.41, 5.74) is 3.58. The van der Waals surface area contributed by atoms with Crippen molar-refractivity contribution in [3.63, 3.8) is 0 Å². The lowest BCUT2D eigenvalue weighted by Gasteiger charge is -2.11. The fourth-order valence-corrected chi connectivity index (χ4v) is 3.18. The van der Waals surface area contributed by atoms with Crippen molar-refractivity contribution < 1.29 is 27.2 Å². The zero-order valence-electron chi connectivity index (χ0n) is 16.5. The molecular formula is C20H15F3N6O3. The van der Waals surface area contributed by atoms with Crippen LogP contribution in [0.15, 0.2) is 47.2 Å². The number of nitrogens with two attached hydrogens (primary N) is 1. The molecule has 4 rings (SSSR count). The Morgan fingerprint density at radius 2 is 2.00 bits per heavy atom. The number of hydrogen-bond acceptors (Lipinski definition) is 6. The molecule has 0 aliphatic rings. The number of halogens is 3. The molecule has 0 aliphatic heterocycles. The van der Waals surface area contributed by atoms with Gasteiger partial charge >= 0.3 is 6.18 Å². The quantitative estimate of drug-likeness (QED) is 0.487. The third-order valence-corrected chi connectivity index (χ3v) is 4.70. The molecule has 164 valence electrons. The van der Waals surface area contributed by atoms with Gasteiger partial charge in [0.25, 0.3) is 11.8 Å². The third kappa shape index (κ3) is 3.89. The molecule has 2 amide bonds. The van der Waals surface area contributed by atoms with Crippen LogP contribution < -0.4 is 11.1 Å². The number of para-hydroxylation sites is 1. The Hall–Kier alpha value is -4.22. The van der Waals surface area contributed by atoms with Crippen molar-refractivity contribution in [1.82, 2.24) is 19.7 Å². The highest BCUT2D eigenvalue weighted by Gasteiger charge is 2.39. The maximum Gasteiger partial charge on any atom is 0.437 e. The normalized spacial score (nSPS) is 11.6. The van der Waals surface area contributed by atoms with Crippen molar-refractivity contribution in [2.75, 3.05) is 5.32 Å². The van der Waals surface area contributed by atoms with E-state index in [4.69, 9.17) is 10.2 Å². The van der Waals surface area contributed by atoms with E-state index in [0.717, 1.165) is 10.7 Å². The molecule has 0 aliphatic carbocycles. The van der Waals surface area contributed by atoms with Gasteiger partial charge in [0.05, 0.1) is 28.7 Å². The average Bonchev–Trinajstić information content (AvgIpc) is 3.36. The van der Waals surface area contributed by atoms with E-state index in [0.29, 0.717) is 10.9 Å². The van der Waals surface area contributed by atoms with Crippen LogP contribution in [0.25, 0.3) is 10.9 Å². The van der Waals surface area contributed by atoms with Crippen LogP contribution in [-0.2, 0) is 12.7 Å². The molecule has 4 aromatic rings. The molecule has 3 N–H and O–H groups in total. The van der Waals surface area contributed by atoms with Crippen molar-refractivity contribution in [1.29, 1.82) is 0 Å². The number of aromatic nitrogens is 4. The number of primary amides is 1. The summed E-state index contributed by atoms with van der Waals surface area (Å²) < 4.78 is 47.1. The highest BCUT2D eigenvalue weighted by molar-refractivity contribution is 6.14. The number of carbonyl (C=O) groups excluding carboxylic acids is 2. The molecule has 0 fully saturated rings. The predicted molar refractivity (Wildman–Crippen MR) is 106 cm³/mol. The molecule has 0 radical (unpaired) electrons. The second-order valence-electron chi connectivity index (χ2n) is 6.78. The largest absolute Gasteiger partial charge is 0.447 e. The van der Waals surface area contributed by atoms with Gasteiger partial charge in [0, 0.05) is 5.39 Å². The first-order valence-corrected chi connectivity index (χ1v) is 9.19. The van der Waals surface area contributed by atoms with E-state index in [2.05, 4.69) is 20.4 Å². The zero-order chi connectivity index (χ0) is 23.0. The number of fused-ring (bicyclic) bond motifs is 1. The Morgan fingerprint density at radius 1 is 1.25 bits per heavy atom. The average molecular weight is 444 g/mol. The number of alkyl halides is 3. The Morgan fingerprint density at radius 3 is 2.66 bits per heavy atom. The number of benzene rings is 1. The van der Waals surface area contributed by atoms with Gasteiger partial charge in [-0.25, -0.2) is 9.97 Å². The van der Waals surface area contributed by atoms with Crippen molar-refractivity contribution in [3.05, 3.63) is 71.3 Å². The fraction of sp³-hybridized carbons (Fsp3) is 0.150. The molecule has 1 aromatic carbocycles. The number of carbonyl (C=O) groups is 2. The summed E-state index contributed by atoms with van der Waals surface area (Å²) in [7, 11) is 0. The monoisotopic (exact) mass is 444 g/mol. The number of anilines is 1. The minimum absolute atomic E-state index is 0.0392. The van der Waals surface area contributed by atoms with Gasteiger partial charge in [0.1, 0.15) is 18.5 Å². The van der Waals surface area contributed by atoms with Gasteiger partial charge in [-0.2, -0.15) is 18.3 Å². The molecule has 32 heavy (non-hydrogen) atoms. The van der Waals surface area contributed by atoms with Crippen LogP contribution in [0.1, 0.15) is 38.1 Å². The number of nitrogens with one attached hydrogen (secondary N) is 1. The van der Waals surface area contributed by atoms with Crippen LogP contribution in [0.3, 0.4) is 0 Å². The van der Waals surface area contributed by atoms with Crippen LogP contribution in [0.2, 0.25) is 0 Å². The maximum absolute atomic E-state index is 13.7. The third-order valence-electron chi connectivity index (χ3n) is 4.70. The molecule has 12 heteroatoms. The molecule has 0 spiro atoms. The Bertz CT molecular complexity index is 1330. The van der Waals surface area contributed by atoms with E-state index in [1.54, 1.807) is 24.3 Å². The molecule has 0 unspecified atom stereocenters. The lowest BCUT2D eigenvalue weighted by molar-refractivity contribution is -0.140. The first-order chi connectivity index (χ1) is 15.1. The van der Waals surface area contributed by atoms with Crippen LogP contribution in [0, 0.1) is 6.92 Å². The maximum atomic E-state index is 13.7. The van der Waals surface area contributed by atoms with Crippen LogP contribution >= 0.6 is 0 Å². The van der Waals surface area contributed by atoms with Gasteiger partial charge in [-0.3, -0.25) is 14.3 Å². The highest BCUT2D eigenvalue weighted by Crippen LogP contribution is 2.36. The Balaban J connectivity index is 1.78.